The van der Waals surface area contributed by atoms with E-state index < -0.39 is 30.5 Å². The minimum Gasteiger partial charge on any atom is -0.481 e. The van der Waals surface area contributed by atoms with Gasteiger partial charge in [-0.2, -0.15) is 18.3 Å². The molecule has 134 valence electrons. The van der Waals surface area contributed by atoms with Gasteiger partial charge in [-0.15, -0.1) is 0 Å². The maximum atomic E-state index is 12.6. The number of carbonyl (C=O) groups is 2. The molecule has 1 unspecified atom stereocenters. The number of aryl methyl sites for hydroxylation is 1. The van der Waals surface area contributed by atoms with Crippen LogP contribution >= 0.6 is 0 Å². The van der Waals surface area contributed by atoms with Crippen LogP contribution in [-0.4, -0.2) is 39.0 Å². The monoisotopic (exact) mass is 347 g/mol. The molecule has 1 aliphatic rings. The van der Waals surface area contributed by atoms with E-state index in [1.807, 2.05) is 0 Å². The van der Waals surface area contributed by atoms with Crippen LogP contribution in [-0.2, 0) is 16.1 Å². The maximum Gasteiger partial charge on any atom is 0.408 e. The highest BCUT2D eigenvalue weighted by atomic mass is 19.4. The quantitative estimate of drug-likeness (QED) is 0.855. The lowest BCUT2D eigenvalue weighted by Gasteiger charge is -2.33. The van der Waals surface area contributed by atoms with Crippen molar-refractivity contribution in [2.45, 2.75) is 58.3 Å². The second-order valence-electron chi connectivity index (χ2n) is 6.29. The van der Waals surface area contributed by atoms with Gasteiger partial charge in [0.25, 0.3) is 0 Å². The van der Waals surface area contributed by atoms with Crippen molar-refractivity contribution in [3.8, 4) is 0 Å². The fourth-order valence-corrected chi connectivity index (χ4v) is 3.06. The second-order valence-corrected chi connectivity index (χ2v) is 6.29. The summed E-state index contributed by atoms with van der Waals surface area (Å²) >= 11 is 0. The van der Waals surface area contributed by atoms with Crippen LogP contribution in [0.25, 0.3) is 0 Å². The largest absolute Gasteiger partial charge is 0.481 e. The Morgan fingerprint density at radius 3 is 2.46 bits per heavy atom. The minimum atomic E-state index is -4.39. The van der Waals surface area contributed by atoms with Gasteiger partial charge in [0.15, 0.2) is 0 Å². The van der Waals surface area contributed by atoms with Gasteiger partial charge in [0.2, 0.25) is 5.91 Å². The van der Waals surface area contributed by atoms with Gasteiger partial charge in [-0.25, -0.2) is 0 Å². The summed E-state index contributed by atoms with van der Waals surface area (Å²) < 4.78 is 38.5. The van der Waals surface area contributed by atoms with E-state index in [1.165, 1.54) is 6.92 Å². The van der Waals surface area contributed by atoms with Crippen molar-refractivity contribution in [1.29, 1.82) is 0 Å². The summed E-state index contributed by atoms with van der Waals surface area (Å²) in [5.41, 5.74) is 1.17. The Labute approximate surface area is 137 Å². The summed E-state index contributed by atoms with van der Waals surface area (Å²) in [5.74, 6) is -2.31. The number of carboxylic acid groups (broad SMARTS) is 1. The average Bonchev–Trinajstić information content (AvgIpc) is 2.64. The SMILES string of the molecule is Cc1nn(CC(F)(F)F)c(C)c1C(C)C(=O)NC1CC(C(=O)O)C1. The van der Waals surface area contributed by atoms with Crippen LogP contribution in [0.15, 0.2) is 0 Å². The third kappa shape index (κ3) is 3.88. The molecule has 1 aromatic heterocycles. The molecule has 24 heavy (non-hydrogen) atoms. The molecule has 9 heteroatoms. The molecule has 0 bridgehead atoms. The van der Waals surface area contributed by atoms with E-state index in [0.29, 0.717) is 29.8 Å². The standard InChI is InChI=1S/C15H20F3N3O3/c1-7(13(22)19-11-4-10(5-11)14(23)24)12-8(2)20-21(9(12)3)6-15(16,17)18/h7,10-11H,4-6H2,1-3H3,(H,19,22)(H,23,24). The zero-order valence-corrected chi connectivity index (χ0v) is 13.6. The molecule has 0 saturated heterocycles. The molecule has 1 saturated carbocycles. The molecule has 1 amide bonds. The van der Waals surface area contributed by atoms with Gasteiger partial charge in [-0.1, -0.05) is 0 Å². The van der Waals surface area contributed by atoms with Crippen molar-refractivity contribution in [1.82, 2.24) is 15.1 Å². The van der Waals surface area contributed by atoms with Gasteiger partial charge in [-0.05, 0) is 33.6 Å². The van der Waals surface area contributed by atoms with Gasteiger partial charge in [0.1, 0.15) is 6.54 Å². The number of alkyl halides is 3. The molecular formula is C15H20F3N3O3. The van der Waals surface area contributed by atoms with Crippen LogP contribution in [0.3, 0.4) is 0 Å². The predicted octanol–water partition coefficient (Wildman–Crippen LogP) is 2.15. The highest BCUT2D eigenvalue weighted by Crippen LogP contribution is 2.30. The van der Waals surface area contributed by atoms with Gasteiger partial charge in [-0.3, -0.25) is 14.3 Å². The number of nitrogens with zero attached hydrogens (tertiary/aromatic N) is 2. The summed E-state index contributed by atoms with van der Waals surface area (Å²) in [5, 5.41) is 15.5. The molecule has 2 N–H and O–H groups in total. The van der Waals surface area contributed by atoms with Crippen molar-refractivity contribution in [2.24, 2.45) is 5.92 Å². The number of carboxylic acids is 1. The molecule has 1 atom stereocenters. The molecule has 0 aliphatic heterocycles. The Morgan fingerprint density at radius 2 is 1.96 bits per heavy atom. The van der Waals surface area contributed by atoms with E-state index in [4.69, 9.17) is 5.11 Å². The van der Waals surface area contributed by atoms with Gasteiger partial charge < -0.3 is 10.4 Å². The van der Waals surface area contributed by atoms with Crippen molar-refractivity contribution < 1.29 is 27.9 Å². The molecule has 1 heterocycles. The Kier molecular flexibility index (Phi) is 4.91. The number of aliphatic carboxylic acids is 1. The zero-order chi connectivity index (χ0) is 18.2. The fraction of sp³-hybridized carbons (Fsp3) is 0.667. The van der Waals surface area contributed by atoms with E-state index >= 15 is 0 Å². The summed E-state index contributed by atoms with van der Waals surface area (Å²) in [6.07, 6.45) is -3.64. The van der Waals surface area contributed by atoms with E-state index in [2.05, 4.69) is 10.4 Å². The highest BCUT2D eigenvalue weighted by molar-refractivity contribution is 5.84. The normalized spacial score (nSPS) is 21.9. The first-order valence-electron chi connectivity index (χ1n) is 7.63. The van der Waals surface area contributed by atoms with E-state index in [-0.39, 0.29) is 11.9 Å². The number of nitrogens with one attached hydrogen (secondary N) is 1. The average molecular weight is 347 g/mol. The second kappa shape index (κ2) is 6.45. The Morgan fingerprint density at radius 1 is 1.38 bits per heavy atom. The third-order valence-electron chi connectivity index (χ3n) is 4.43. The molecule has 0 radical (unpaired) electrons. The number of aromatic nitrogens is 2. The first kappa shape index (κ1) is 18.3. The topological polar surface area (TPSA) is 84.2 Å². The first-order chi connectivity index (χ1) is 11.0. The number of carbonyl (C=O) groups excluding carboxylic acids is 1. The van der Waals surface area contributed by atoms with Crippen molar-refractivity contribution in [2.75, 3.05) is 0 Å². The summed E-state index contributed by atoms with van der Waals surface area (Å²) in [6, 6.07) is -0.202. The lowest BCUT2D eigenvalue weighted by molar-refractivity contribution is -0.146. The maximum absolute atomic E-state index is 12.6. The molecular weight excluding hydrogens is 327 g/mol. The molecule has 0 spiro atoms. The lowest BCUT2D eigenvalue weighted by atomic mass is 9.80. The van der Waals surface area contributed by atoms with E-state index in [1.54, 1.807) is 13.8 Å². The van der Waals surface area contributed by atoms with Crippen molar-refractivity contribution in [3.05, 3.63) is 17.0 Å². The van der Waals surface area contributed by atoms with E-state index in [9.17, 15) is 22.8 Å². The number of hydrogen-bond donors (Lipinski definition) is 2. The van der Waals surface area contributed by atoms with Crippen LogP contribution in [0.5, 0.6) is 0 Å². The Bertz CT molecular complexity index is 648. The van der Waals surface area contributed by atoms with Crippen LogP contribution in [0.2, 0.25) is 0 Å². The number of rotatable bonds is 5. The first-order valence-corrected chi connectivity index (χ1v) is 7.63. The summed E-state index contributed by atoms with van der Waals surface area (Å²) in [7, 11) is 0. The molecule has 0 aromatic carbocycles. The minimum absolute atomic E-state index is 0.202. The van der Waals surface area contributed by atoms with Crippen LogP contribution in [0.4, 0.5) is 13.2 Å². The lowest BCUT2D eigenvalue weighted by Crippen LogP contribution is -2.47. The zero-order valence-electron chi connectivity index (χ0n) is 13.6. The van der Waals surface area contributed by atoms with Gasteiger partial charge >= 0.3 is 12.1 Å². The molecule has 1 aliphatic carbocycles. The summed E-state index contributed by atoms with van der Waals surface area (Å²) in [6.45, 7) is 3.49. The van der Waals surface area contributed by atoms with E-state index in [0.717, 1.165) is 4.68 Å². The fourth-order valence-electron chi connectivity index (χ4n) is 3.06. The van der Waals surface area contributed by atoms with Gasteiger partial charge in [0, 0.05) is 17.3 Å². The van der Waals surface area contributed by atoms with Crippen LogP contribution in [0.1, 0.15) is 42.6 Å². The van der Waals surface area contributed by atoms with Crippen LogP contribution in [0, 0.1) is 19.8 Å². The molecule has 2 rings (SSSR count). The Balaban J connectivity index is 2.05. The number of halogens is 3. The number of hydrogen-bond acceptors (Lipinski definition) is 3. The van der Waals surface area contributed by atoms with Crippen molar-refractivity contribution in [3.63, 3.8) is 0 Å². The smallest absolute Gasteiger partial charge is 0.408 e. The molecule has 1 fully saturated rings. The molecule has 6 nitrogen and oxygen atoms in total. The summed E-state index contributed by atoms with van der Waals surface area (Å²) in [4.78, 5) is 23.1. The Hall–Kier alpha value is -2.06. The van der Waals surface area contributed by atoms with Crippen molar-refractivity contribution >= 4 is 11.9 Å². The highest BCUT2D eigenvalue weighted by Gasteiger charge is 2.37. The predicted molar refractivity (Wildman–Crippen MR) is 78.5 cm³/mol. The van der Waals surface area contributed by atoms with Gasteiger partial charge in [0.05, 0.1) is 17.5 Å². The van der Waals surface area contributed by atoms with Crippen LogP contribution < -0.4 is 5.32 Å². The molecule has 1 aromatic rings. The number of amides is 1. The third-order valence-corrected chi connectivity index (χ3v) is 4.43.